The third-order valence-corrected chi connectivity index (χ3v) is 4.15. The Bertz CT molecular complexity index is 285. The Morgan fingerprint density at radius 3 is 2.25 bits per heavy atom. The van der Waals surface area contributed by atoms with Gasteiger partial charge in [0.1, 0.15) is 0 Å². The SMILES string of the molecule is CCC(C(N)=O)N1CCC(C)(C(N)=S)CC1. The molecule has 4 N–H and O–H groups in total. The van der Waals surface area contributed by atoms with Crippen molar-refractivity contribution in [2.24, 2.45) is 16.9 Å². The zero-order valence-electron chi connectivity index (χ0n) is 10.0. The van der Waals surface area contributed by atoms with Gasteiger partial charge in [-0.25, -0.2) is 0 Å². The van der Waals surface area contributed by atoms with E-state index in [0.717, 1.165) is 32.4 Å². The molecule has 5 heteroatoms. The maximum absolute atomic E-state index is 11.3. The van der Waals surface area contributed by atoms with Gasteiger partial charge in [0.2, 0.25) is 5.91 Å². The summed E-state index contributed by atoms with van der Waals surface area (Å²) in [5.41, 5.74) is 11.1. The summed E-state index contributed by atoms with van der Waals surface area (Å²) in [6, 6.07) is -0.143. The van der Waals surface area contributed by atoms with E-state index in [-0.39, 0.29) is 17.4 Å². The molecule has 1 aliphatic heterocycles. The molecule has 4 nitrogen and oxygen atoms in total. The Morgan fingerprint density at radius 1 is 1.44 bits per heavy atom. The lowest BCUT2D eigenvalue weighted by Crippen LogP contribution is -2.51. The first-order chi connectivity index (χ1) is 7.40. The van der Waals surface area contributed by atoms with Crippen molar-refractivity contribution in [1.29, 1.82) is 0 Å². The lowest BCUT2D eigenvalue weighted by molar-refractivity contribution is -0.124. The summed E-state index contributed by atoms with van der Waals surface area (Å²) < 4.78 is 0. The van der Waals surface area contributed by atoms with Crippen molar-refractivity contribution in [2.45, 2.75) is 39.2 Å². The molecule has 16 heavy (non-hydrogen) atoms. The summed E-state index contributed by atoms with van der Waals surface area (Å²) in [7, 11) is 0. The minimum Gasteiger partial charge on any atom is -0.393 e. The lowest BCUT2D eigenvalue weighted by Gasteiger charge is -2.41. The normalized spacial score (nSPS) is 22.6. The topological polar surface area (TPSA) is 72.4 Å². The van der Waals surface area contributed by atoms with Crippen LogP contribution in [0.15, 0.2) is 0 Å². The maximum Gasteiger partial charge on any atom is 0.234 e. The third-order valence-electron chi connectivity index (χ3n) is 3.65. The standard InChI is InChI=1S/C11H21N3OS/c1-3-8(9(12)15)14-6-4-11(2,5-7-14)10(13)16/h8H,3-7H2,1-2H3,(H2,12,15)(H2,13,16). The number of likely N-dealkylation sites (tertiary alicyclic amines) is 1. The van der Waals surface area contributed by atoms with Crippen LogP contribution in [0.25, 0.3) is 0 Å². The molecular weight excluding hydrogens is 222 g/mol. The molecule has 1 unspecified atom stereocenters. The second-order valence-corrected chi connectivity index (χ2v) is 5.23. The molecule has 0 radical (unpaired) electrons. The predicted molar refractivity (Wildman–Crippen MR) is 69.0 cm³/mol. The van der Waals surface area contributed by atoms with Gasteiger partial charge in [0.15, 0.2) is 0 Å². The van der Waals surface area contributed by atoms with Crippen molar-refractivity contribution in [3.63, 3.8) is 0 Å². The minimum absolute atomic E-state index is 0.0538. The van der Waals surface area contributed by atoms with E-state index >= 15 is 0 Å². The summed E-state index contributed by atoms with van der Waals surface area (Å²) in [6.45, 7) is 5.76. The molecular formula is C11H21N3OS. The van der Waals surface area contributed by atoms with Gasteiger partial charge in [-0.1, -0.05) is 26.1 Å². The number of primary amides is 1. The molecule has 1 saturated heterocycles. The van der Waals surface area contributed by atoms with E-state index in [2.05, 4.69) is 11.8 Å². The van der Waals surface area contributed by atoms with Crippen LogP contribution in [0.3, 0.4) is 0 Å². The van der Waals surface area contributed by atoms with Crippen molar-refractivity contribution >= 4 is 23.1 Å². The Hall–Kier alpha value is -0.680. The van der Waals surface area contributed by atoms with Crippen LogP contribution in [0, 0.1) is 5.41 Å². The molecule has 0 aromatic heterocycles. The fourth-order valence-electron chi connectivity index (χ4n) is 2.21. The van der Waals surface area contributed by atoms with E-state index in [0.29, 0.717) is 4.99 Å². The first-order valence-electron chi connectivity index (χ1n) is 5.74. The Morgan fingerprint density at radius 2 is 1.94 bits per heavy atom. The number of nitrogens with two attached hydrogens (primary N) is 2. The van der Waals surface area contributed by atoms with Gasteiger partial charge in [0.25, 0.3) is 0 Å². The fourth-order valence-corrected chi connectivity index (χ4v) is 2.42. The quantitative estimate of drug-likeness (QED) is 0.711. The number of amides is 1. The van der Waals surface area contributed by atoms with Gasteiger partial charge in [-0.15, -0.1) is 0 Å². The van der Waals surface area contributed by atoms with Crippen molar-refractivity contribution in [2.75, 3.05) is 13.1 Å². The van der Waals surface area contributed by atoms with Crippen molar-refractivity contribution in [3.05, 3.63) is 0 Å². The average Bonchev–Trinajstić information content (AvgIpc) is 2.21. The van der Waals surface area contributed by atoms with Crippen molar-refractivity contribution < 1.29 is 4.79 Å². The van der Waals surface area contributed by atoms with E-state index < -0.39 is 0 Å². The van der Waals surface area contributed by atoms with Crippen LogP contribution in [-0.4, -0.2) is 34.9 Å². The molecule has 1 atom stereocenters. The highest BCUT2D eigenvalue weighted by Gasteiger charge is 2.35. The van der Waals surface area contributed by atoms with E-state index in [9.17, 15) is 4.79 Å². The Balaban J connectivity index is 2.61. The zero-order valence-corrected chi connectivity index (χ0v) is 10.8. The number of hydrogen-bond acceptors (Lipinski definition) is 3. The molecule has 1 rings (SSSR count). The lowest BCUT2D eigenvalue weighted by atomic mass is 9.80. The molecule has 0 spiro atoms. The summed E-state index contributed by atoms with van der Waals surface area (Å²) in [5, 5.41) is 0. The highest BCUT2D eigenvalue weighted by Crippen LogP contribution is 2.32. The predicted octanol–water partition coefficient (Wildman–Crippen LogP) is 0.638. The number of piperidine rings is 1. The molecule has 0 bridgehead atoms. The monoisotopic (exact) mass is 243 g/mol. The molecule has 0 saturated carbocycles. The van der Waals surface area contributed by atoms with Crippen LogP contribution in [-0.2, 0) is 4.79 Å². The van der Waals surface area contributed by atoms with Gasteiger partial charge in [-0.2, -0.15) is 0 Å². The second-order valence-electron chi connectivity index (χ2n) is 4.79. The average molecular weight is 243 g/mol. The van der Waals surface area contributed by atoms with E-state index in [4.69, 9.17) is 23.7 Å². The first kappa shape index (κ1) is 13.4. The van der Waals surface area contributed by atoms with Crippen LogP contribution < -0.4 is 11.5 Å². The van der Waals surface area contributed by atoms with Crippen LogP contribution in [0.4, 0.5) is 0 Å². The summed E-state index contributed by atoms with van der Waals surface area (Å²) in [5.74, 6) is -0.235. The molecule has 0 aromatic rings. The third kappa shape index (κ3) is 2.71. The second kappa shape index (κ2) is 5.10. The molecule has 0 aromatic carbocycles. The van der Waals surface area contributed by atoms with Crippen molar-refractivity contribution in [1.82, 2.24) is 4.90 Å². The van der Waals surface area contributed by atoms with Gasteiger partial charge < -0.3 is 11.5 Å². The summed E-state index contributed by atoms with van der Waals surface area (Å²) >= 11 is 5.08. The van der Waals surface area contributed by atoms with Crippen LogP contribution in [0.2, 0.25) is 0 Å². The summed E-state index contributed by atoms with van der Waals surface area (Å²) in [6.07, 6.45) is 2.58. The molecule has 1 fully saturated rings. The van der Waals surface area contributed by atoms with Gasteiger partial charge in [0.05, 0.1) is 11.0 Å². The smallest absolute Gasteiger partial charge is 0.234 e. The number of nitrogens with zero attached hydrogens (tertiary/aromatic N) is 1. The number of carbonyl (C=O) groups excluding carboxylic acids is 1. The number of carbonyl (C=O) groups is 1. The van der Waals surface area contributed by atoms with Gasteiger partial charge in [-0.3, -0.25) is 9.69 Å². The number of rotatable bonds is 4. The maximum atomic E-state index is 11.3. The Labute approximate surface area is 102 Å². The van der Waals surface area contributed by atoms with E-state index in [1.54, 1.807) is 0 Å². The summed E-state index contributed by atoms with van der Waals surface area (Å²) in [4.78, 5) is 14.0. The van der Waals surface area contributed by atoms with E-state index in [1.807, 2.05) is 6.92 Å². The molecule has 1 amide bonds. The zero-order chi connectivity index (χ0) is 12.3. The highest BCUT2D eigenvalue weighted by molar-refractivity contribution is 7.80. The largest absolute Gasteiger partial charge is 0.393 e. The fraction of sp³-hybridized carbons (Fsp3) is 0.818. The van der Waals surface area contributed by atoms with Gasteiger partial charge in [0, 0.05) is 5.41 Å². The number of hydrogen-bond donors (Lipinski definition) is 2. The highest BCUT2D eigenvalue weighted by atomic mass is 32.1. The van der Waals surface area contributed by atoms with E-state index in [1.165, 1.54) is 0 Å². The minimum atomic E-state index is -0.235. The van der Waals surface area contributed by atoms with Crippen LogP contribution in [0.5, 0.6) is 0 Å². The molecule has 1 aliphatic rings. The van der Waals surface area contributed by atoms with Gasteiger partial charge in [-0.05, 0) is 32.4 Å². The van der Waals surface area contributed by atoms with Crippen LogP contribution in [0.1, 0.15) is 33.1 Å². The van der Waals surface area contributed by atoms with Crippen molar-refractivity contribution in [3.8, 4) is 0 Å². The van der Waals surface area contributed by atoms with Crippen LogP contribution >= 0.6 is 12.2 Å². The molecule has 92 valence electrons. The Kier molecular flexibility index (Phi) is 4.27. The molecule has 1 heterocycles. The first-order valence-corrected chi connectivity index (χ1v) is 6.15. The van der Waals surface area contributed by atoms with Gasteiger partial charge >= 0.3 is 0 Å². The molecule has 0 aliphatic carbocycles. The number of thiocarbonyl (C=S) groups is 1.